The van der Waals surface area contributed by atoms with E-state index in [0.29, 0.717) is 3.57 Å². The first-order chi connectivity index (χ1) is 7.97. The zero-order valence-corrected chi connectivity index (χ0v) is 11.5. The van der Waals surface area contributed by atoms with Crippen LogP contribution in [0.15, 0.2) is 12.1 Å². The quantitative estimate of drug-likeness (QED) is 0.546. The van der Waals surface area contributed by atoms with E-state index in [0.717, 1.165) is 0 Å². The number of aliphatic hydroxyl groups is 1. The smallest absolute Gasteiger partial charge is 0.337 e. The van der Waals surface area contributed by atoms with E-state index in [2.05, 4.69) is 5.32 Å². The third-order valence-electron chi connectivity index (χ3n) is 2.02. The molecule has 17 heavy (non-hydrogen) atoms. The van der Waals surface area contributed by atoms with Gasteiger partial charge in [0.15, 0.2) is 5.82 Å². The Bertz CT molecular complexity index is 430. The molecule has 94 valence electrons. The molecule has 0 aliphatic heterocycles. The summed E-state index contributed by atoms with van der Waals surface area (Å²) < 4.78 is 14.0. The number of carboxylic acid groups (broad SMARTS) is 1. The van der Waals surface area contributed by atoms with E-state index in [4.69, 9.17) is 16.7 Å². The van der Waals surface area contributed by atoms with Crippen LogP contribution >= 0.6 is 34.2 Å². The SMILES string of the molecule is O=C(O)c1ccc(I)c(F)c1NCC(O)CCl. The molecule has 0 amide bonds. The minimum atomic E-state index is -1.23. The number of nitrogens with one attached hydrogen (secondary N) is 1. The minimum Gasteiger partial charge on any atom is -0.478 e. The van der Waals surface area contributed by atoms with Gasteiger partial charge in [-0.2, -0.15) is 0 Å². The fourth-order valence-corrected chi connectivity index (χ4v) is 1.73. The van der Waals surface area contributed by atoms with Gasteiger partial charge in [-0.3, -0.25) is 0 Å². The predicted octanol–water partition coefficient (Wildman–Crippen LogP) is 2.14. The first kappa shape index (κ1) is 14.5. The molecule has 7 heteroatoms. The van der Waals surface area contributed by atoms with Crippen LogP contribution in [0.1, 0.15) is 10.4 Å². The molecule has 0 saturated carbocycles. The van der Waals surface area contributed by atoms with E-state index in [1.165, 1.54) is 12.1 Å². The van der Waals surface area contributed by atoms with Crippen molar-refractivity contribution in [3.05, 3.63) is 27.1 Å². The van der Waals surface area contributed by atoms with Crippen LogP contribution in [0.4, 0.5) is 10.1 Å². The molecule has 0 aromatic heterocycles. The molecule has 1 aromatic carbocycles. The average Bonchev–Trinajstić information content (AvgIpc) is 2.30. The Morgan fingerprint density at radius 2 is 2.24 bits per heavy atom. The van der Waals surface area contributed by atoms with Crippen molar-refractivity contribution in [3.63, 3.8) is 0 Å². The lowest BCUT2D eigenvalue weighted by Crippen LogP contribution is -2.22. The summed E-state index contributed by atoms with van der Waals surface area (Å²) in [5.41, 5.74) is -0.307. The summed E-state index contributed by atoms with van der Waals surface area (Å²) in [6, 6.07) is 2.69. The van der Waals surface area contributed by atoms with Crippen LogP contribution in [0.2, 0.25) is 0 Å². The van der Waals surface area contributed by atoms with Crippen molar-refractivity contribution in [3.8, 4) is 0 Å². The molecule has 0 radical (unpaired) electrons. The Balaban J connectivity index is 3.02. The molecule has 1 unspecified atom stereocenters. The number of halogens is 3. The lowest BCUT2D eigenvalue weighted by molar-refractivity contribution is 0.0697. The largest absolute Gasteiger partial charge is 0.478 e. The van der Waals surface area contributed by atoms with Crippen molar-refractivity contribution in [1.82, 2.24) is 0 Å². The second-order valence-electron chi connectivity index (χ2n) is 3.28. The van der Waals surface area contributed by atoms with E-state index in [1.807, 2.05) is 0 Å². The normalized spacial score (nSPS) is 12.2. The number of alkyl halides is 1. The molecule has 1 rings (SSSR count). The van der Waals surface area contributed by atoms with Crippen molar-refractivity contribution >= 4 is 45.8 Å². The molecule has 0 aliphatic carbocycles. The first-order valence-corrected chi connectivity index (χ1v) is 6.28. The molecular weight excluding hydrogens is 363 g/mol. The topological polar surface area (TPSA) is 69.6 Å². The molecule has 0 saturated heterocycles. The second kappa shape index (κ2) is 6.36. The summed E-state index contributed by atoms with van der Waals surface area (Å²) in [6.07, 6.45) is -0.865. The third kappa shape index (κ3) is 3.68. The number of carboxylic acids is 1. The van der Waals surface area contributed by atoms with E-state index in [-0.39, 0.29) is 23.7 Å². The monoisotopic (exact) mass is 373 g/mol. The third-order valence-corrected chi connectivity index (χ3v) is 3.21. The van der Waals surface area contributed by atoms with Crippen LogP contribution in [-0.4, -0.2) is 34.7 Å². The van der Waals surface area contributed by atoms with Crippen molar-refractivity contribution in [2.75, 3.05) is 17.7 Å². The van der Waals surface area contributed by atoms with Gasteiger partial charge >= 0.3 is 5.97 Å². The van der Waals surface area contributed by atoms with Crippen LogP contribution < -0.4 is 5.32 Å². The zero-order valence-electron chi connectivity index (χ0n) is 8.58. The van der Waals surface area contributed by atoms with Gasteiger partial charge in [-0.15, -0.1) is 11.6 Å². The number of aromatic carboxylic acids is 1. The van der Waals surface area contributed by atoms with Crippen molar-refractivity contribution in [2.24, 2.45) is 0 Å². The summed E-state index contributed by atoms with van der Waals surface area (Å²) in [6.45, 7) is -0.0131. The molecule has 1 atom stereocenters. The van der Waals surface area contributed by atoms with Crippen LogP contribution in [0.5, 0.6) is 0 Å². The van der Waals surface area contributed by atoms with Crippen LogP contribution in [0, 0.1) is 9.39 Å². The molecule has 0 spiro atoms. The van der Waals surface area contributed by atoms with Gasteiger partial charge in [0.2, 0.25) is 0 Å². The highest BCUT2D eigenvalue weighted by atomic mass is 127. The summed E-state index contributed by atoms with van der Waals surface area (Å²) in [4.78, 5) is 10.9. The molecule has 0 aliphatic rings. The maximum atomic E-state index is 13.7. The average molecular weight is 374 g/mol. The Hall–Kier alpha value is -0.600. The Kier molecular flexibility index (Phi) is 5.41. The Morgan fingerprint density at radius 1 is 1.59 bits per heavy atom. The molecule has 0 fully saturated rings. The summed E-state index contributed by atoms with van der Waals surface area (Å²) in [5.74, 6) is -1.89. The van der Waals surface area contributed by atoms with Crippen molar-refractivity contribution in [1.29, 1.82) is 0 Å². The predicted molar refractivity (Wildman–Crippen MR) is 71.3 cm³/mol. The summed E-state index contributed by atoms with van der Waals surface area (Å²) in [7, 11) is 0. The number of aliphatic hydroxyl groups excluding tert-OH is 1. The van der Waals surface area contributed by atoms with E-state index < -0.39 is 17.9 Å². The van der Waals surface area contributed by atoms with E-state index in [9.17, 15) is 14.3 Å². The maximum Gasteiger partial charge on any atom is 0.337 e. The standard InChI is InChI=1S/C10H10ClFINO3/c11-3-5(15)4-14-9-6(10(16)17)1-2-7(13)8(9)12/h1-2,5,14-15H,3-4H2,(H,16,17). The highest BCUT2D eigenvalue weighted by Crippen LogP contribution is 2.24. The van der Waals surface area contributed by atoms with Crippen molar-refractivity contribution in [2.45, 2.75) is 6.10 Å². The van der Waals surface area contributed by atoms with Gasteiger partial charge in [0, 0.05) is 6.54 Å². The maximum absolute atomic E-state index is 13.7. The van der Waals surface area contributed by atoms with Gasteiger partial charge < -0.3 is 15.5 Å². The number of benzene rings is 1. The molecule has 0 heterocycles. The van der Waals surface area contributed by atoms with Crippen molar-refractivity contribution < 1.29 is 19.4 Å². The van der Waals surface area contributed by atoms with Gasteiger partial charge in [-0.25, -0.2) is 9.18 Å². The van der Waals surface area contributed by atoms with Crippen LogP contribution in [0.25, 0.3) is 0 Å². The second-order valence-corrected chi connectivity index (χ2v) is 4.75. The molecular formula is C10H10ClFINO3. The number of hydrogen-bond acceptors (Lipinski definition) is 3. The number of rotatable bonds is 5. The summed E-state index contributed by atoms with van der Waals surface area (Å²) in [5, 5.41) is 20.7. The Morgan fingerprint density at radius 3 is 2.76 bits per heavy atom. The lowest BCUT2D eigenvalue weighted by Gasteiger charge is -2.13. The number of hydrogen-bond donors (Lipinski definition) is 3. The van der Waals surface area contributed by atoms with Gasteiger partial charge in [0.25, 0.3) is 0 Å². The minimum absolute atomic E-state index is 0.0129. The van der Waals surface area contributed by atoms with E-state index in [1.54, 1.807) is 22.6 Å². The fraction of sp³-hybridized carbons (Fsp3) is 0.300. The van der Waals surface area contributed by atoms with Gasteiger partial charge in [0.05, 0.1) is 26.8 Å². The van der Waals surface area contributed by atoms with Crippen LogP contribution in [0.3, 0.4) is 0 Å². The van der Waals surface area contributed by atoms with Gasteiger partial charge in [-0.1, -0.05) is 0 Å². The molecule has 0 bridgehead atoms. The number of anilines is 1. The molecule has 1 aromatic rings. The van der Waals surface area contributed by atoms with Gasteiger partial charge in [-0.05, 0) is 34.7 Å². The highest BCUT2D eigenvalue weighted by Gasteiger charge is 2.17. The molecule has 4 nitrogen and oxygen atoms in total. The zero-order chi connectivity index (χ0) is 13.0. The first-order valence-electron chi connectivity index (χ1n) is 4.66. The lowest BCUT2D eigenvalue weighted by atomic mass is 10.1. The van der Waals surface area contributed by atoms with E-state index >= 15 is 0 Å². The fourth-order valence-electron chi connectivity index (χ4n) is 1.18. The molecule has 3 N–H and O–H groups in total. The Labute approximate surface area is 116 Å². The number of carbonyl (C=O) groups is 1. The summed E-state index contributed by atoms with van der Waals surface area (Å²) >= 11 is 7.15. The van der Waals surface area contributed by atoms with Crippen LogP contribution in [-0.2, 0) is 0 Å². The van der Waals surface area contributed by atoms with Gasteiger partial charge in [0.1, 0.15) is 0 Å². The highest BCUT2D eigenvalue weighted by molar-refractivity contribution is 14.1.